The van der Waals surface area contributed by atoms with Crippen molar-refractivity contribution >= 4 is 0 Å². The van der Waals surface area contributed by atoms with E-state index in [1.54, 1.807) is 12.4 Å². The van der Waals surface area contributed by atoms with Crippen molar-refractivity contribution in [3.05, 3.63) is 29.6 Å². The molecule has 12 heavy (non-hydrogen) atoms. The van der Waals surface area contributed by atoms with Gasteiger partial charge in [-0.3, -0.25) is 4.98 Å². The molecule has 1 aromatic rings. The van der Waals surface area contributed by atoms with Crippen LogP contribution in [0, 0.1) is 6.92 Å². The van der Waals surface area contributed by atoms with Crippen molar-refractivity contribution in [3.63, 3.8) is 0 Å². The second-order valence-corrected chi connectivity index (χ2v) is 2.95. The molecule has 0 aliphatic heterocycles. The zero-order chi connectivity index (χ0) is 8.97. The summed E-state index contributed by atoms with van der Waals surface area (Å²) in [4.78, 5) is 3.97. The van der Waals surface area contributed by atoms with Crippen LogP contribution in [0.5, 0.6) is 0 Å². The lowest BCUT2D eigenvalue weighted by Crippen LogP contribution is -2.27. The lowest BCUT2D eigenvalue weighted by molar-refractivity contribution is 0.265. The standard InChI is InChI=1S/C9H14N2O/c1-7-5-11-3-2-8(7)4-9(10)6-12/h2-3,5,9,12H,4,6,10H2,1H3. The van der Waals surface area contributed by atoms with Gasteiger partial charge >= 0.3 is 0 Å². The molecule has 0 aliphatic rings. The van der Waals surface area contributed by atoms with Crippen LogP contribution in [0.2, 0.25) is 0 Å². The molecule has 1 heterocycles. The van der Waals surface area contributed by atoms with Gasteiger partial charge in [-0.05, 0) is 30.5 Å². The Balaban J connectivity index is 2.69. The minimum atomic E-state index is -0.161. The van der Waals surface area contributed by atoms with Crippen LogP contribution in [0.4, 0.5) is 0 Å². The van der Waals surface area contributed by atoms with Crippen LogP contribution in [-0.2, 0) is 6.42 Å². The first-order valence-electron chi connectivity index (χ1n) is 4.00. The molecule has 1 unspecified atom stereocenters. The second kappa shape index (κ2) is 4.18. The van der Waals surface area contributed by atoms with E-state index in [2.05, 4.69) is 4.98 Å². The van der Waals surface area contributed by atoms with Crippen molar-refractivity contribution in [1.29, 1.82) is 0 Å². The number of nitrogens with zero attached hydrogens (tertiary/aromatic N) is 1. The van der Waals surface area contributed by atoms with E-state index in [9.17, 15) is 0 Å². The molecule has 0 aromatic carbocycles. The second-order valence-electron chi connectivity index (χ2n) is 2.95. The molecule has 1 rings (SSSR count). The number of aliphatic hydroxyl groups is 1. The Hall–Kier alpha value is -0.930. The number of aryl methyl sites for hydroxylation is 1. The highest BCUT2D eigenvalue weighted by Crippen LogP contribution is 2.06. The Bertz CT molecular complexity index is 250. The fourth-order valence-corrected chi connectivity index (χ4v) is 1.08. The first-order valence-corrected chi connectivity index (χ1v) is 4.00. The van der Waals surface area contributed by atoms with Crippen LogP contribution in [0.3, 0.4) is 0 Å². The molecular weight excluding hydrogens is 152 g/mol. The summed E-state index contributed by atoms with van der Waals surface area (Å²) in [6, 6.07) is 1.77. The summed E-state index contributed by atoms with van der Waals surface area (Å²) in [5, 5.41) is 8.75. The van der Waals surface area contributed by atoms with Gasteiger partial charge in [-0.2, -0.15) is 0 Å². The average Bonchev–Trinajstić information content (AvgIpc) is 2.09. The van der Waals surface area contributed by atoms with Crippen LogP contribution in [0.25, 0.3) is 0 Å². The first-order chi connectivity index (χ1) is 5.74. The van der Waals surface area contributed by atoms with E-state index in [4.69, 9.17) is 10.8 Å². The van der Waals surface area contributed by atoms with Gasteiger partial charge in [-0.15, -0.1) is 0 Å². The summed E-state index contributed by atoms with van der Waals surface area (Å²) < 4.78 is 0. The number of pyridine rings is 1. The maximum Gasteiger partial charge on any atom is 0.0585 e. The van der Waals surface area contributed by atoms with Crippen LogP contribution in [0.15, 0.2) is 18.5 Å². The summed E-state index contributed by atoms with van der Waals surface area (Å²) in [7, 11) is 0. The lowest BCUT2D eigenvalue weighted by atomic mass is 10.0. The van der Waals surface area contributed by atoms with Crippen LogP contribution in [-0.4, -0.2) is 22.7 Å². The zero-order valence-electron chi connectivity index (χ0n) is 7.20. The molecule has 0 saturated carbocycles. The van der Waals surface area contributed by atoms with Gasteiger partial charge in [0.15, 0.2) is 0 Å². The molecular formula is C9H14N2O. The molecule has 0 amide bonds. The zero-order valence-corrected chi connectivity index (χ0v) is 7.20. The fraction of sp³-hybridized carbons (Fsp3) is 0.444. The molecule has 0 spiro atoms. The van der Waals surface area contributed by atoms with Gasteiger partial charge in [-0.1, -0.05) is 0 Å². The van der Waals surface area contributed by atoms with Crippen molar-refractivity contribution in [2.45, 2.75) is 19.4 Å². The van der Waals surface area contributed by atoms with Crippen LogP contribution >= 0.6 is 0 Å². The maximum atomic E-state index is 8.75. The minimum Gasteiger partial charge on any atom is -0.395 e. The lowest BCUT2D eigenvalue weighted by Gasteiger charge is -2.09. The van der Waals surface area contributed by atoms with E-state index in [-0.39, 0.29) is 12.6 Å². The molecule has 1 aromatic heterocycles. The monoisotopic (exact) mass is 166 g/mol. The van der Waals surface area contributed by atoms with Gasteiger partial charge in [0, 0.05) is 18.4 Å². The van der Waals surface area contributed by atoms with Crippen molar-refractivity contribution < 1.29 is 5.11 Å². The highest BCUT2D eigenvalue weighted by atomic mass is 16.3. The Morgan fingerprint density at radius 2 is 2.42 bits per heavy atom. The molecule has 66 valence electrons. The van der Waals surface area contributed by atoms with Crippen molar-refractivity contribution in [2.24, 2.45) is 5.73 Å². The Labute approximate surface area is 72.2 Å². The number of rotatable bonds is 3. The fourth-order valence-electron chi connectivity index (χ4n) is 1.08. The molecule has 0 aliphatic carbocycles. The van der Waals surface area contributed by atoms with Gasteiger partial charge in [0.2, 0.25) is 0 Å². The topological polar surface area (TPSA) is 59.1 Å². The summed E-state index contributed by atoms with van der Waals surface area (Å²) in [6.45, 7) is 2.02. The molecule has 0 saturated heterocycles. The smallest absolute Gasteiger partial charge is 0.0585 e. The van der Waals surface area contributed by atoms with Gasteiger partial charge in [0.1, 0.15) is 0 Å². The van der Waals surface area contributed by atoms with E-state index in [1.807, 2.05) is 13.0 Å². The number of aliphatic hydroxyl groups excluding tert-OH is 1. The normalized spacial score (nSPS) is 12.9. The Morgan fingerprint density at radius 1 is 1.67 bits per heavy atom. The predicted molar refractivity (Wildman–Crippen MR) is 47.7 cm³/mol. The van der Waals surface area contributed by atoms with Gasteiger partial charge in [0.25, 0.3) is 0 Å². The van der Waals surface area contributed by atoms with E-state index < -0.39 is 0 Å². The van der Waals surface area contributed by atoms with E-state index >= 15 is 0 Å². The van der Waals surface area contributed by atoms with Crippen molar-refractivity contribution in [3.8, 4) is 0 Å². The first kappa shape index (κ1) is 9.16. The number of nitrogens with two attached hydrogens (primary N) is 1. The van der Waals surface area contributed by atoms with Crippen molar-refractivity contribution in [2.75, 3.05) is 6.61 Å². The average molecular weight is 166 g/mol. The molecule has 3 nitrogen and oxygen atoms in total. The summed E-state index contributed by atoms with van der Waals surface area (Å²) in [5.74, 6) is 0. The highest BCUT2D eigenvalue weighted by Gasteiger charge is 2.03. The predicted octanol–water partition coefficient (Wildman–Crippen LogP) is 0.252. The minimum absolute atomic E-state index is 0.0295. The molecule has 0 bridgehead atoms. The van der Waals surface area contributed by atoms with E-state index in [1.165, 1.54) is 0 Å². The third kappa shape index (κ3) is 2.29. The van der Waals surface area contributed by atoms with Gasteiger partial charge in [0.05, 0.1) is 6.61 Å². The van der Waals surface area contributed by atoms with Crippen LogP contribution < -0.4 is 5.73 Å². The van der Waals surface area contributed by atoms with E-state index in [0.29, 0.717) is 6.42 Å². The molecule has 0 fully saturated rings. The summed E-state index contributed by atoms with van der Waals surface area (Å²) in [6.07, 6.45) is 4.26. The quantitative estimate of drug-likeness (QED) is 0.676. The van der Waals surface area contributed by atoms with Crippen molar-refractivity contribution in [1.82, 2.24) is 4.98 Å². The third-order valence-corrected chi connectivity index (χ3v) is 1.85. The molecule has 1 atom stereocenters. The number of aromatic nitrogens is 1. The molecule has 3 N–H and O–H groups in total. The molecule has 0 radical (unpaired) electrons. The summed E-state index contributed by atoms with van der Waals surface area (Å²) in [5.41, 5.74) is 7.89. The van der Waals surface area contributed by atoms with Gasteiger partial charge in [-0.25, -0.2) is 0 Å². The summed E-state index contributed by atoms with van der Waals surface area (Å²) >= 11 is 0. The largest absolute Gasteiger partial charge is 0.395 e. The van der Waals surface area contributed by atoms with Crippen LogP contribution in [0.1, 0.15) is 11.1 Å². The number of hydrogen-bond acceptors (Lipinski definition) is 3. The Morgan fingerprint density at radius 3 is 3.00 bits per heavy atom. The highest BCUT2D eigenvalue weighted by molar-refractivity contribution is 5.22. The van der Waals surface area contributed by atoms with E-state index in [0.717, 1.165) is 11.1 Å². The SMILES string of the molecule is Cc1cnccc1CC(N)CO. The molecule has 3 heteroatoms. The Kier molecular flexibility index (Phi) is 3.19. The van der Waals surface area contributed by atoms with Gasteiger partial charge < -0.3 is 10.8 Å². The number of hydrogen-bond donors (Lipinski definition) is 2. The maximum absolute atomic E-state index is 8.75. The third-order valence-electron chi connectivity index (χ3n) is 1.85.